The predicted octanol–water partition coefficient (Wildman–Crippen LogP) is 2.33. The van der Waals surface area contributed by atoms with Crippen molar-refractivity contribution in [2.24, 2.45) is 0 Å². The number of carbonyl (C=O) groups is 1. The summed E-state index contributed by atoms with van der Waals surface area (Å²) in [6, 6.07) is 4.86. The van der Waals surface area contributed by atoms with Crippen molar-refractivity contribution in [2.75, 3.05) is 0 Å². The number of alkyl halides is 3. The highest BCUT2D eigenvalue weighted by Gasteiger charge is 2.32. The minimum absolute atomic E-state index is 0.0323. The van der Waals surface area contributed by atoms with Gasteiger partial charge in [0.1, 0.15) is 12.3 Å². The van der Waals surface area contributed by atoms with Crippen LogP contribution in [0.15, 0.2) is 30.5 Å². The number of ether oxygens (including phenoxy) is 1. The summed E-state index contributed by atoms with van der Waals surface area (Å²) in [5.74, 6) is -0.771. The van der Waals surface area contributed by atoms with Crippen LogP contribution in [0.2, 0.25) is 5.02 Å². The molecule has 1 aliphatic rings. The molecule has 2 aromatic rings. The van der Waals surface area contributed by atoms with Gasteiger partial charge in [-0.1, -0.05) is 17.7 Å². The highest BCUT2D eigenvalue weighted by molar-refractivity contribution is 6.61. The second-order valence-electron chi connectivity index (χ2n) is 5.32. The molecule has 10 heteroatoms. The summed E-state index contributed by atoms with van der Waals surface area (Å²) in [5.41, 5.74) is 0.388. The molecule has 0 saturated carbocycles. The Hall–Kier alpha value is -2.10. The molecular weight excluding hydrogens is 361 g/mol. The summed E-state index contributed by atoms with van der Waals surface area (Å²) >= 11 is 6.03. The highest BCUT2D eigenvalue weighted by atomic mass is 35.5. The first-order valence-corrected chi connectivity index (χ1v) is 7.45. The van der Waals surface area contributed by atoms with Crippen molar-refractivity contribution in [1.82, 2.24) is 4.98 Å². The van der Waals surface area contributed by atoms with Gasteiger partial charge in [-0.2, -0.15) is 13.2 Å². The van der Waals surface area contributed by atoms with Crippen molar-refractivity contribution in [2.45, 2.75) is 19.4 Å². The van der Waals surface area contributed by atoms with E-state index in [0.29, 0.717) is 16.6 Å². The van der Waals surface area contributed by atoms with Gasteiger partial charge < -0.3 is 14.4 Å². The molecule has 0 saturated heterocycles. The Kier molecular flexibility index (Phi) is 4.72. The van der Waals surface area contributed by atoms with Crippen LogP contribution in [0.5, 0.6) is 0 Å². The van der Waals surface area contributed by atoms with E-state index in [4.69, 9.17) is 21.0 Å². The molecule has 0 atom stereocenters. The molecule has 0 bridgehead atoms. The summed E-state index contributed by atoms with van der Waals surface area (Å²) in [5, 5.41) is 9.79. The second kappa shape index (κ2) is 6.66. The lowest BCUT2D eigenvalue weighted by atomic mass is 9.79. The fraction of sp³-hybridized carbons (Fsp3) is 0.200. The number of carbonyl (C=O) groups excluding carboxylic acids is 1. The van der Waals surface area contributed by atoms with Crippen LogP contribution in [0.25, 0.3) is 0 Å². The number of aromatic nitrogens is 1. The zero-order chi connectivity index (χ0) is 18.2. The van der Waals surface area contributed by atoms with Crippen LogP contribution in [0.3, 0.4) is 0 Å². The molecule has 1 aliphatic heterocycles. The summed E-state index contributed by atoms with van der Waals surface area (Å²) in [6.45, 7) is -0.0841. The summed E-state index contributed by atoms with van der Waals surface area (Å²) in [6.07, 6.45) is -3.55. The second-order valence-corrected chi connectivity index (χ2v) is 5.73. The van der Waals surface area contributed by atoms with E-state index >= 15 is 0 Å². The topological polar surface area (TPSA) is 68.7 Å². The zero-order valence-corrected chi connectivity index (χ0v) is 13.3. The van der Waals surface area contributed by atoms with Gasteiger partial charge in [0, 0.05) is 11.8 Å². The standard InChI is InChI=1S/C15H10BClF3NO4/c17-12-3-9-7-25-16(23)11(9)4-10(12)14(22)24-6-8-1-2-13(21-5-8)15(18,19)20/h1-5,23H,6-7H2. The van der Waals surface area contributed by atoms with Crippen molar-refractivity contribution in [3.8, 4) is 0 Å². The van der Waals surface area contributed by atoms with Gasteiger partial charge >= 0.3 is 19.3 Å². The van der Waals surface area contributed by atoms with E-state index in [9.17, 15) is 23.0 Å². The first kappa shape index (κ1) is 17.7. The number of rotatable bonds is 3. The lowest BCUT2D eigenvalue weighted by Gasteiger charge is -2.09. The first-order valence-electron chi connectivity index (χ1n) is 7.07. The fourth-order valence-corrected chi connectivity index (χ4v) is 2.57. The molecule has 2 heterocycles. The van der Waals surface area contributed by atoms with Crippen molar-refractivity contribution in [3.63, 3.8) is 0 Å². The molecule has 0 radical (unpaired) electrons. The Morgan fingerprint density at radius 1 is 1.40 bits per heavy atom. The third-order valence-corrected chi connectivity index (χ3v) is 3.91. The molecule has 1 aromatic carbocycles. The van der Waals surface area contributed by atoms with E-state index in [1.54, 1.807) is 0 Å². The van der Waals surface area contributed by atoms with Crippen LogP contribution in [-0.2, 0) is 28.8 Å². The van der Waals surface area contributed by atoms with Crippen molar-refractivity contribution >= 4 is 30.2 Å². The van der Waals surface area contributed by atoms with Gasteiger partial charge in [0.25, 0.3) is 0 Å². The number of hydrogen-bond acceptors (Lipinski definition) is 5. The van der Waals surface area contributed by atoms with E-state index < -0.39 is 25.0 Å². The van der Waals surface area contributed by atoms with Crippen LogP contribution in [-0.4, -0.2) is 23.1 Å². The van der Waals surface area contributed by atoms with Crippen LogP contribution >= 0.6 is 11.6 Å². The van der Waals surface area contributed by atoms with Gasteiger partial charge in [-0.25, -0.2) is 4.79 Å². The largest absolute Gasteiger partial charge is 0.491 e. The van der Waals surface area contributed by atoms with Gasteiger partial charge in [-0.3, -0.25) is 4.98 Å². The van der Waals surface area contributed by atoms with E-state index in [2.05, 4.69) is 4.98 Å². The minimum atomic E-state index is -4.53. The summed E-state index contributed by atoms with van der Waals surface area (Å²) in [4.78, 5) is 15.4. The Morgan fingerprint density at radius 2 is 2.16 bits per heavy atom. The van der Waals surface area contributed by atoms with Gasteiger partial charge in [0.2, 0.25) is 0 Å². The number of nitrogens with zero attached hydrogens (tertiary/aromatic N) is 1. The normalized spacial score (nSPS) is 13.7. The molecule has 1 N–H and O–H groups in total. The average molecular weight is 372 g/mol. The van der Waals surface area contributed by atoms with E-state index in [-0.39, 0.29) is 23.8 Å². The van der Waals surface area contributed by atoms with Crippen LogP contribution in [0.4, 0.5) is 13.2 Å². The van der Waals surface area contributed by atoms with Gasteiger partial charge in [0.15, 0.2) is 0 Å². The van der Waals surface area contributed by atoms with Gasteiger partial charge in [0.05, 0.1) is 17.2 Å². The van der Waals surface area contributed by atoms with E-state index in [1.807, 2.05) is 0 Å². The first-order chi connectivity index (χ1) is 11.8. The number of benzene rings is 1. The Labute approximate surface area is 145 Å². The monoisotopic (exact) mass is 371 g/mol. The third-order valence-electron chi connectivity index (χ3n) is 3.60. The van der Waals surface area contributed by atoms with E-state index in [0.717, 1.165) is 12.3 Å². The number of fused-ring (bicyclic) bond motifs is 1. The minimum Gasteiger partial charge on any atom is -0.457 e. The summed E-state index contributed by atoms with van der Waals surface area (Å²) < 4.78 is 47.4. The Bertz CT molecular complexity index is 814. The maximum absolute atomic E-state index is 12.4. The predicted molar refractivity (Wildman–Crippen MR) is 82.2 cm³/mol. The molecule has 0 aliphatic carbocycles. The molecule has 130 valence electrons. The number of halogens is 4. The van der Waals surface area contributed by atoms with Gasteiger partial charge in [-0.05, 0) is 29.2 Å². The number of pyridine rings is 1. The molecular formula is C15H10BClF3NO4. The number of hydrogen-bond donors (Lipinski definition) is 1. The Morgan fingerprint density at radius 3 is 2.80 bits per heavy atom. The van der Waals surface area contributed by atoms with Crippen LogP contribution < -0.4 is 5.46 Å². The zero-order valence-electron chi connectivity index (χ0n) is 12.5. The molecule has 3 rings (SSSR count). The lowest BCUT2D eigenvalue weighted by molar-refractivity contribution is -0.141. The van der Waals surface area contributed by atoms with Crippen molar-refractivity contribution < 1.29 is 32.4 Å². The van der Waals surface area contributed by atoms with Gasteiger partial charge in [-0.15, -0.1) is 0 Å². The maximum atomic E-state index is 12.4. The molecule has 0 amide bonds. The fourth-order valence-electron chi connectivity index (χ4n) is 2.31. The third kappa shape index (κ3) is 3.78. The lowest BCUT2D eigenvalue weighted by Crippen LogP contribution is -2.29. The maximum Gasteiger partial charge on any atom is 0.491 e. The molecule has 5 nitrogen and oxygen atoms in total. The average Bonchev–Trinajstić information content (AvgIpc) is 2.91. The van der Waals surface area contributed by atoms with E-state index in [1.165, 1.54) is 18.2 Å². The molecule has 0 fully saturated rings. The number of esters is 1. The highest BCUT2D eigenvalue weighted by Crippen LogP contribution is 2.27. The Balaban J connectivity index is 1.70. The smallest absolute Gasteiger partial charge is 0.457 e. The summed E-state index contributed by atoms with van der Waals surface area (Å²) in [7, 11) is -1.14. The molecule has 1 aromatic heterocycles. The molecule has 0 unspecified atom stereocenters. The van der Waals surface area contributed by atoms with Crippen molar-refractivity contribution in [3.05, 3.63) is 57.9 Å². The quantitative estimate of drug-likeness (QED) is 0.662. The molecule has 25 heavy (non-hydrogen) atoms. The van der Waals surface area contributed by atoms with Crippen molar-refractivity contribution in [1.29, 1.82) is 0 Å². The molecule has 0 spiro atoms. The van der Waals surface area contributed by atoms with Crippen LogP contribution in [0, 0.1) is 0 Å². The van der Waals surface area contributed by atoms with Crippen LogP contribution in [0.1, 0.15) is 27.2 Å². The SMILES string of the molecule is O=C(OCc1ccc(C(F)(F)F)nc1)c1cc2c(cc1Cl)COB2O.